The maximum Gasteiger partial charge on any atom is 0.0889 e. The van der Waals surface area contributed by atoms with Gasteiger partial charge in [-0.1, -0.05) is 60.6 Å². The maximum absolute atomic E-state index is 5.26. The minimum absolute atomic E-state index is 0.238. The Bertz CT molecular complexity index is 890. The quantitative estimate of drug-likeness (QED) is 0.522. The van der Waals surface area contributed by atoms with Gasteiger partial charge in [-0.3, -0.25) is 9.97 Å². The maximum atomic E-state index is 5.26. The van der Waals surface area contributed by atoms with Gasteiger partial charge in [0.15, 0.2) is 0 Å². The van der Waals surface area contributed by atoms with E-state index in [0.29, 0.717) is 29.6 Å². The van der Waals surface area contributed by atoms with Gasteiger partial charge in [0, 0.05) is 23.2 Å². The highest BCUT2D eigenvalue weighted by Crippen LogP contribution is 2.47. The first-order chi connectivity index (χ1) is 13.7. The van der Waals surface area contributed by atoms with Gasteiger partial charge >= 0.3 is 0 Å². The number of aromatic nitrogens is 2. The largest absolute Gasteiger partial charge is 0.251 e. The lowest BCUT2D eigenvalue weighted by Gasteiger charge is -2.37. The molecule has 4 atom stereocenters. The summed E-state index contributed by atoms with van der Waals surface area (Å²) in [4.78, 5) is 10.5. The van der Waals surface area contributed by atoms with Crippen molar-refractivity contribution in [1.82, 2.24) is 9.97 Å². The van der Waals surface area contributed by atoms with Crippen LogP contribution in [0.3, 0.4) is 0 Å². The van der Waals surface area contributed by atoms with E-state index in [0.717, 1.165) is 11.4 Å². The van der Waals surface area contributed by atoms with Gasteiger partial charge in [-0.05, 0) is 72.1 Å². The first-order valence-corrected chi connectivity index (χ1v) is 11.7. The fraction of sp³-hybridized carbons (Fsp3) is 0.630. The van der Waals surface area contributed by atoms with Gasteiger partial charge in [-0.2, -0.15) is 0 Å². The summed E-state index contributed by atoms with van der Waals surface area (Å²) in [5.41, 5.74) is 7.90. The lowest BCUT2D eigenvalue weighted by molar-refractivity contribution is 0.275. The molecular weight excluding hydrogens is 352 g/mol. The molecule has 4 rings (SSSR count). The SMILES string of the molecule is CC1CCC(C(C)C)c2nc(-c3ccc4c(n3)C(C(C)(C)C)CCC4C)ccc21. The zero-order chi connectivity index (χ0) is 20.9. The highest BCUT2D eigenvalue weighted by molar-refractivity contribution is 5.57. The number of hydrogen-bond acceptors (Lipinski definition) is 2. The molecule has 0 saturated heterocycles. The van der Waals surface area contributed by atoms with Crippen LogP contribution in [0.15, 0.2) is 24.3 Å². The van der Waals surface area contributed by atoms with Gasteiger partial charge in [0.1, 0.15) is 0 Å². The zero-order valence-electron chi connectivity index (χ0n) is 19.4. The molecule has 2 heteroatoms. The molecule has 2 nitrogen and oxygen atoms in total. The normalized spacial score (nSPS) is 26.9. The van der Waals surface area contributed by atoms with Crippen LogP contribution in [-0.4, -0.2) is 9.97 Å². The highest BCUT2D eigenvalue weighted by atomic mass is 14.8. The number of rotatable bonds is 2. The van der Waals surface area contributed by atoms with Crippen molar-refractivity contribution < 1.29 is 0 Å². The molecule has 2 aromatic heterocycles. The summed E-state index contributed by atoms with van der Waals surface area (Å²) >= 11 is 0. The first kappa shape index (κ1) is 20.6. The Kier molecular flexibility index (Phi) is 5.34. The highest BCUT2D eigenvalue weighted by Gasteiger charge is 2.35. The third kappa shape index (κ3) is 3.76. The Morgan fingerprint density at radius 1 is 0.759 bits per heavy atom. The summed E-state index contributed by atoms with van der Waals surface area (Å²) in [7, 11) is 0. The Hall–Kier alpha value is -1.70. The zero-order valence-corrected chi connectivity index (χ0v) is 19.4. The van der Waals surface area contributed by atoms with Crippen LogP contribution in [0.5, 0.6) is 0 Å². The second kappa shape index (κ2) is 7.52. The molecule has 29 heavy (non-hydrogen) atoms. The van der Waals surface area contributed by atoms with E-state index in [1.54, 1.807) is 0 Å². The molecule has 2 aliphatic rings. The number of hydrogen-bond donors (Lipinski definition) is 0. The summed E-state index contributed by atoms with van der Waals surface area (Å²) < 4.78 is 0. The molecule has 2 heterocycles. The molecule has 156 valence electrons. The topological polar surface area (TPSA) is 25.8 Å². The van der Waals surface area contributed by atoms with Crippen molar-refractivity contribution in [3.63, 3.8) is 0 Å². The molecule has 0 fully saturated rings. The summed E-state index contributed by atoms with van der Waals surface area (Å²) in [6.07, 6.45) is 5.03. The van der Waals surface area contributed by atoms with Gasteiger partial charge in [-0.25, -0.2) is 0 Å². The molecule has 0 aliphatic heterocycles. The summed E-state index contributed by atoms with van der Waals surface area (Å²) in [5.74, 6) is 2.94. The van der Waals surface area contributed by atoms with E-state index in [1.165, 1.54) is 48.2 Å². The fourth-order valence-electron chi connectivity index (χ4n) is 5.59. The van der Waals surface area contributed by atoms with Gasteiger partial charge in [0.05, 0.1) is 11.4 Å². The molecule has 0 spiro atoms. The number of fused-ring (bicyclic) bond motifs is 2. The van der Waals surface area contributed by atoms with E-state index in [4.69, 9.17) is 9.97 Å². The van der Waals surface area contributed by atoms with Gasteiger partial charge in [0.25, 0.3) is 0 Å². The monoisotopic (exact) mass is 390 g/mol. The predicted molar refractivity (Wildman–Crippen MR) is 123 cm³/mol. The number of nitrogens with zero attached hydrogens (tertiary/aromatic N) is 2. The second-order valence-corrected chi connectivity index (χ2v) is 11.1. The minimum atomic E-state index is 0.238. The van der Waals surface area contributed by atoms with Crippen molar-refractivity contribution in [2.24, 2.45) is 11.3 Å². The lowest BCUT2D eigenvalue weighted by atomic mass is 9.69. The average molecular weight is 391 g/mol. The molecular formula is C27H38N2. The van der Waals surface area contributed by atoms with Gasteiger partial charge in [-0.15, -0.1) is 0 Å². The van der Waals surface area contributed by atoms with Crippen molar-refractivity contribution in [2.75, 3.05) is 0 Å². The second-order valence-electron chi connectivity index (χ2n) is 11.1. The van der Waals surface area contributed by atoms with Crippen LogP contribution in [0.4, 0.5) is 0 Å². The summed E-state index contributed by atoms with van der Waals surface area (Å²) in [5, 5.41) is 0. The summed E-state index contributed by atoms with van der Waals surface area (Å²) in [6.45, 7) is 16.5. The molecule has 0 amide bonds. The molecule has 4 unspecified atom stereocenters. The van der Waals surface area contributed by atoms with E-state index in [2.05, 4.69) is 72.7 Å². The van der Waals surface area contributed by atoms with Crippen LogP contribution in [-0.2, 0) is 0 Å². The third-order valence-electron chi connectivity index (χ3n) is 7.57. The van der Waals surface area contributed by atoms with Crippen LogP contribution in [0, 0.1) is 11.3 Å². The predicted octanol–water partition coefficient (Wildman–Crippen LogP) is 7.81. The molecule has 0 radical (unpaired) electrons. The van der Waals surface area contributed by atoms with Gasteiger partial charge in [0.2, 0.25) is 0 Å². The van der Waals surface area contributed by atoms with Crippen LogP contribution >= 0.6 is 0 Å². The van der Waals surface area contributed by atoms with Crippen molar-refractivity contribution >= 4 is 0 Å². The summed E-state index contributed by atoms with van der Waals surface area (Å²) in [6, 6.07) is 9.10. The van der Waals surface area contributed by atoms with Crippen molar-refractivity contribution in [3.8, 4) is 11.4 Å². The average Bonchev–Trinajstić information content (AvgIpc) is 2.66. The van der Waals surface area contributed by atoms with Crippen molar-refractivity contribution in [3.05, 3.63) is 46.8 Å². The molecule has 2 aromatic rings. The lowest BCUT2D eigenvalue weighted by Crippen LogP contribution is -2.25. The smallest absolute Gasteiger partial charge is 0.0889 e. The van der Waals surface area contributed by atoms with E-state index < -0.39 is 0 Å². The number of pyridine rings is 2. The van der Waals surface area contributed by atoms with Gasteiger partial charge < -0.3 is 0 Å². The molecule has 0 saturated carbocycles. The van der Waals surface area contributed by atoms with Crippen molar-refractivity contribution in [1.29, 1.82) is 0 Å². The first-order valence-electron chi connectivity index (χ1n) is 11.7. The van der Waals surface area contributed by atoms with E-state index in [9.17, 15) is 0 Å². The van der Waals surface area contributed by atoms with Crippen LogP contribution in [0.2, 0.25) is 0 Å². The third-order valence-corrected chi connectivity index (χ3v) is 7.57. The van der Waals surface area contributed by atoms with Crippen LogP contribution in [0.25, 0.3) is 11.4 Å². The van der Waals surface area contributed by atoms with Crippen molar-refractivity contribution in [2.45, 2.75) is 97.8 Å². The molecule has 2 aliphatic carbocycles. The van der Waals surface area contributed by atoms with Crippen LogP contribution in [0.1, 0.15) is 120 Å². The standard InChI is InChI=1S/C27H38N2/c1-16(2)19-10-8-17(3)20-11-14-23(28-25(19)20)24-15-12-21-18(4)9-13-22(26(21)29-24)27(5,6)7/h11-12,14-19,22H,8-10,13H2,1-7H3. The van der Waals surface area contributed by atoms with Crippen LogP contribution < -0.4 is 0 Å². The Balaban J connectivity index is 1.79. The Morgan fingerprint density at radius 2 is 1.28 bits per heavy atom. The van der Waals surface area contributed by atoms with E-state index in [1.807, 2.05) is 0 Å². The molecule has 0 bridgehead atoms. The Labute approximate surface area is 177 Å². The van der Waals surface area contributed by atoms with E-state index >= 15 is 0 Å². The Morgan fingerprint density at radius 3 is 1.83 bits per heavy atom. The molecule has 0 N–H and O–H groups in total. The fourth-order valence-corrected chi connectivity index (χ4v) is 5.59. The van der Waals surface area contributed by atoms with E-state index in [-0.39, 0.29) is 5.41 Å². The molecule has 0 aromatic carbocycles. The minimum Gasteiger partial charge on any atom is -0.251 e.